The van der Waals surface area contributed by atoms with Gasteiger partial charge in [0.25, 0.3) is 5.91 Å². The number of amides is 1. The third-order valence-electron chi connectivity index (χ3n) is 8.11. The first kappa shape index (κ1) is 25.5. The van der Waals surface area contributed by atoms with E-state index in [0.717, 1.165) is 37.1 Å². The van der Waals surface area contributed by atoms with Crippen LogP contribution in [0.15, 0.2) is 67.3 Å². The number of nitrogens with zero attached hydrogens (tertiary/aromatic N) is 3. The van der Waals surface area contributed by atoms with Gasteiger partial charge in [-0.3, -0.25) is 4.79 Å². The van der Waals surface area contributed by atoms with E-state index in [0.29, 0.717) is 40.8 Å². The summed E-state index contributed by atoms with van der Waals surface area (Å²) in [6, 6.07) is 15.1. The minimum absolute atomic E-state index is 0. The maximum atomic E-state index is 13.8. The van der Waals surface area contributed by atoms with Crippen molar-refractivity contribution < 1.29 is 40.9 Å². The number of ether oxygens (including phenoxy) is 1. The van der Waals surface area contributed by atoms with Gasteiger partial charge in [-0.15, -0.1) is 0 Å². The Morgan fingerprint density at radius 2 is 1.59 bits per heavy atom. The van der Waals surface area contributed by atoms with E-state index >= 15 is 0 Å². The van der Waals surface area contributed by atoms with Crippen molar-refractivity contribution in [3.05, 3.63) is 89.5 Å². The van der Waals surface area contributed by atoms with Crippen molar-refractivity contribution in [2.45, 2.75) is 31.0 Å². The number of piperidine rings is 3. The molecule has 1 aromatic heterocycles. The lowest BCUT2D eigenvalue weighted by molar-refractivity contribution is -0.939. The molecule has 0 unspecified atom stereocenters. The fraction of sp³-hybridized carbons (Fsp3) is 0.357. The van der Waals surface area contributed by atoms with E-state index in [1.807, 2.05) is 48.5 Å². The molecule has 0 radical (unpaired) electrons. The molecule has 4 heterocycles. The van der Waals surface area contributed by atoms with Gasteiger partial charge in [0.15, 0.2) is 12.6 Å². The lowest BCUT2D eigenvalue weighted by Gasteiger charge is -2.51. The molecule has 9 heteroatoms. The summed E-state index contributed by atoms with van der Waals surface area (Å²) >= 11 is 0. The van der Waals surface area contributed by atoms with Gasteiger partial charge < -0.3 is 36.6 Å². The van der Waals surface area contributed by atoms with Crippen LogP contribution in [0.4, 0.5) is 5.69 Å². The molecule has 2 aromatic carbocycles. The van der Waals surface area contributed by atoms with E-state index in [9.17, 15) is 14.7 Å². The molecular weight excluding hydrogens is 536 g/mol. The summed E-state index contributed by atoms with van der Waals surface area (Å²) in [5.74, 6) is -0.508. The number of fused-ring (bicyclic) bond motifs is 5. The van der Waals surface area contributed by atoms with Crippen LogP contribution in [0.2, 0.25) is 0 Å². The lowest BCUT2D eigenvalue weighted by Crippen LogP contribution is -3.00. The molecule has 3 aromatic rings. The van der Waals surface area contributed by atoms with E-state index < -0.39 is 11.6 Å². The number of rotatable bonds is 5. The van der Waals surface area contributed by atoms with Crippen LogP contribution >= 0.6 is 0 Å². The molecule has 7 rings (SSSR count). The van der Waals surface area contributed by atoms with Crippen LogP contribution in [0.1, 0.15) is 35.1 Å². The second-order valence-corrected chi connectivity index (χ2v) is 10.3. The maximum Gasteiger partial charge on any atom is 0.348 e. The van der Waals surface area contributed by atoms with Crippen molar-refractivity contribution >= 4 is 17.6 Å². The number of halogens is 1. The van der Waals surface area contributed by atoms with Gasteiger partial charge in [-0.2, -0.15) is 0 Å². The fourth-order valence-corrected chi connectivity index (χ4v) is 6.29. The van der Waals surface area contributed by atoms with Crippen molar-refractivity contribution in [2.24, 2.45) is 5.92 Å². The molecule has 1 amide bonds. The van der Waals surface area contributed by atoms with Crippen LogP contribution in [0.25, 0.3) is 0 Å². The smallest absolute Gasteiger partial charge is 0.348 e. The number of carbonyl (C=O) groups excluding carboxylic acids is 2. The van der Waals surface area contributed by atoms with Crippen LogP contribution in [0.3, 0.4) is 0 Å². The van der Waals surface area contributed by atoms with Crippen LogP contribution in [0.5, 0.6) is 0 Å². The standard InChI is InChI=1S/C28H28N4O4.BrH/c33-26(31-22-14-29-18-30-15-22)17-32-11-9-19(10-12-32)25(16-32)36-27(34)28(35)23-7-3-1-5-20(23)13-21-6-2-4-8-24(21)28;/h1-8,14-15,18-19,25,35H,9-13,16-17H2;1H/t19?,25-,32?;/m0./s1. The summed E-state index contributed by atoms with van der Waals surface area (Å²) in [7, 11) is 0. The first-order valence-corrected chi connectivity index (χ1v) is 12.5. The molecule has 3 fully saturated rings. The molecule has 2 bridgehead atoms. The second kappa shape index (κ2) is 9.96. The SMILES string of the molecule is O=C(C[N+]12CCC(CC1)[C@@H](OC(=O)C1(O)c3ccccc3Cc3ccccc31)C2)Nc1cncnc1.[Br-]. The van der Waals surface area contributed by atoms with E-state index in [1.165, 1.54) is 6.33 Å². The molecule has 2 N–H and O–H groups in total. The zero-order chi connectivity index (χ0) is 24.8. The minimum atomic E-state index is -1.85. The van der Waals surface area contributed by atoms with Gasteiger partial charge in [0.1, 0.15) is 12.9 Å². The number of carbonyl (C=O) groups is 2. The molecule has 3 saturated heterocycles. The Balaban J connectivity index is 0.00000280. The third-order valence-corrected chi connectivity index (χ3v) is 8.11. The largest absolute Gasteiger partial charge is 1.00 e. The van der Waals surface area contributed by atoms with Gasteiger partial charge >= 0.3 is 5.97 Å². The Kier molecular flexibility index (Phi) is 6.87. The first-order valence-electron chi connectivity index (χ1n) is 12.5. The zero-order valence-corrected chi connectivity index (χ0v) is 21.9. The molecule has 8 nitrogen and oxygen atoms in total. The number of hydrogen-bond acceptors (Lipinski definition) is 6. The Morgan fingerprint density at radius 3 is 2.22 bits per heavy atom. The Hall–Kier alpha value is -3.14. The van der Waals surface area contributed by atoms with Crippen LogP contribution < -0.4 is 22.3 Å². The number of aliphatic hydroxyl groups is 1. The second-order valence-electron chi connectivity index (χ2n) is 10.3. The van der Waals surface area contributed by atoms with Crippen molar-refractivity contribution in [3.63, 3.8) is 0 Å². The molecule has 37 heavy (non-hydrogen) atoms. The number of nitrogens with one attached hydrogen (secondary N) is 1. The Bertz CT molecular complexity index is 1260. The zero-order valence-electron chi connectivity index (χ0n) is 20.3. The molecule has 3 aliphatic heterocycles. The van der Waals surface area contributed by atoms with Gasteiger partial charge in [-0.25, -0.2) is 14.8 Å². The number of quaternary nitrogens is 1. The minimum Gasteiger partial charge on any atom is -1.00 e. The van der Waals surface area contributed by atoms with Crippen molar-refractivity contribution in [1.82, 2.24) is 9.97 Å². The van der Waals surface area contributed by atoms with Crippen molar-refractivity contribution in [2.75, 3.05) is 31.5 Å². The molecule has 4 aliphatic rings. The van der Waals surface area contributed by atoms with Gasteiger partial charge in [0, 0.05) is 29.9 Å². The van der Waals surface area contributed by atoms with Gasteiger partial charge in [-0.1, -0.05) is 48.5 Å². The number of anilines is 1. The summed E-state index contributed by atoms with van der Waals surface area (Å²) in [5, 5.41) is 14.8. The normalized spacial score (nSPS) is 24.7. The van der Waals surface area contributed by atoms with Gasteiger partial charge in [0.2, 0.25) is 5.60 Å². The summed E-state index contributed by atoms with van der Waals surface area (Å²) < 4.78 is 6.72. The van der Waals surface area contributed by atoms with Crippen LogP contribution in [-0.2, 0) is 26.3 Å². The predicted octanol–water partition coefficient (Wildman–Crippen LogP) is -0.588. The van der Waals surface area contributed by atoms with E-state index in [-0.39, 0.29) is 34.9 Å². The number of hydrogen-bond donors (Lipinski definition) is 2. The molecule has 1 atom stereocenters. The lowest BCUT2D eigenvalue weighted by atomic mass is 9.74. The summed E-state index contributed by atoms with van der Waals surface area (Å²) in [6.45, 7) is 2.60. The van der Waals surface area contributed by atoms with Crippen molar-refractivity contribution in [3.8, 4) is 0 Å². The van der Waals surface area contributed by atoms with Crippen LogP contribution in [0, 0.1) is 5.92 Å². The van der Waals surface area contributed by atoms with E-state index in [2.05, 4.69) is 15.3 Å². The fourth-order valence-electron chi connectivity index (χ4n) is 6.29. The van der Waals surface area contributed by atoms with Crippen LogP contribution in [-0.4, -0.2) is 63.7 Å². The monoisotopic (exact) mass is 564 g/mol. The topological polar surface area (TPSA) is 101 Å². The highest BCUT2D eigenvalue weighted by molar-refractivity contribution is 5.91. The summed E-state index contributed by atoms with van der Waals surface area (Å²) in [6.07, 6.45) is 6.63. The highest BCUT2D eigenvalue weighted by atomic mass is 79.9. The van der Waals surface area contributed by atoms with Crippen molar-refractivity contribution in [1.29, 1.82) is 0 Å². The maximum absolute atomic E-state index is 13.8. The molecular formula is C28H29BrN4O4. The number of aromatic nitrogens is 2. The summed E-state index contributed by atoms with van der Waals surface area (Å²) in [5.41, 5.74) is 1.73. The van der Waals surface area contributed by atoms with E-state index in [4.69, 9.17) is 4.74 Å². The molecule has 0 spiro atoms. The number of benzene rings is 2. The predicted molar refractivity (Wildman–Crippen MR) is 132 cm³/mol. The highest BCUT2D eigenvalue weighted by Crippen LogP contribution is 2.42. The summed E-state index contributed by atoms with van der Waals surface area (Å²) in [4.78, 5) is 34.5. The molecule has 192 valence electrons. The molecule has 0 saturated carbocycles. The highest BCUT2D eigenvalue weighted by Gasteiger charge is 2.52. The Labute approximate surface area is 226 Å². The van der Waals surface area contributed by atoms with E-state index in [1.54, 1.807) is 12.4 Å². The third kappa shape index (κ3) is 4.56. The first-order chi connectivity index (χ1) is 17.5. The average molecular weight is 565 g/mol. The van der Waals surface area contributed by atoms with Gasteiger partial charge in [-0.05, 0) is 17.5 Å². The number of esters is 1. The Morgan fingerprint density at radius 1 is 1.00 bits per heavy atom. The molecule has 1 aliphatic carbocycles. The average Bonchev–Trinajstić information content (AvgIpc) is 2.90. The quantitative estimate of drug-likeness (QED) is 0.317. The van der Waals surface area contributed by atoms with Gasteiger partial charge in [0.05, 0.1) is 31.2 Å².